The van der Waals surface area contributed by atoms with Gasteiger partial charge in [-0.2, -0.15) is 0 Å². The molecule has 0 spiro atoms. The molecule has 1 aliphatic heterocycles. The topological polar surface area (TPSA) is 75.7 Å². The fraction of sp³-hybridized carbons (Fsp3) is 0.381. The van der Waals surface area contributed by atoms with Gasteiger partial charge in [0.2, 0.25) is 15.9 Å². The number of carbonyl (C=O) groups excluding carboxylic acids is 1. The molecular weight excluding hydrogens is 376 g/mol. The van der Waals surface area contributed by atoms with Crippen LogP contribution in [0.25, 0.3) is 0 Å². The van der Waals surface area contributed by atoms with Gasteiger partial charge in [0, 0.05) is 17.6 Å². The summed E-state index contributed by atoms with van der Waals surface area (Å²) in [5, 5.41) is 0. The summed E-state index contributed by atoms with van der Waals surface area (Å²) in [5.41, 5.74) is 2.42. The van der Waals surface area contributed by atoms with Crippen molar-refractivity contribution in [2.24, 2.45) is 5.41 Å². The first-order valence-corrected chi connectivity index (χ1v) is 10.8. The average Bonchev–Trinajstić information content (AvgIpc) is 3.02. The SMILES string of the molecule is COc1cccc(CS(=O)(=O)Nc2ccc3c(c2)N(C(=O)C(C)(C)C)CC3)c1. The van der Waals surface area contributed by atoms with E-state index in [9.17, 15) is 13.2 Å². The molecule has 28 heavy (non-hydrogen) atoms. The van der Waals surface area contributed by atoms with Crippen LogP contribution < -0.4 is 14.4 Å². The molecule has 7 heteroatoms. The van der Waals surface area contributed by atoms with Crippen LogP contribution in [0.4, 0.5) is 11.4 Å². The van der Waals surface area contributed by atoms with Gasteiger partial charge in [-0.15, -0.1) is 0 Å². The van der Waals surface area contributed by atoms with Crippen LogP contribution in [0.3, 0.4) is 0 Å². The minimum absolute atomic E-state index is 0.0302. The fourth-order valence-corrected chi connectivity index (χ4v) is 4.43. The number of methoxy groups -OCH3 is 1. The number of fused-ring (bicyclic) bond motifs is 1. The molecule has 0 aliphatic carbocycles. The number of ether oxygens (including phenoxy) is 1. The Balaban J connectivity index is 1.81. The predicted molar refractivity (Wildman–Crippen MR) is 111 cm³/mol. The van der Waals surface area contributed by atoms with Gasteiger partial charge in [0.1, 0.15) is 5.75 Å². The van der Waals surface area contributed by atoms with Gasteiger partial charge in [-0.05, 0) is 41.8 Å². The molecule has 150 valence electrons. The monoisotopic (exact) mass is 402 g/mol. The van der Waals surface area contributed by atoms with E-state index in [0.29, 0.717) is 23.5 Å². The first kappa shape index (κ1) is 20.2. The van der Waals surface area contributed by atoms with Crippen LogP contribution in [0.2, 0.25) is 0 Å². The van der Waals surface area contributed by atoms with Crippen molar-refractivity contribution in [1.29, 1.82) is 0 Å². The number of amides is 1. The highest BCUT2D eigenvalue weighted by Crippen LogP contribution is 2.34. The summed E-state index contributed by atoms with van der Waals surface area (Å²) < 4.78 is 33.0. The summed E-state index contributed by atoms with van der Waals surface area (Å²) in [6.45, 7) is 6.27. The zero-order chi connectivity index (χ0) is 20.5. The number of benzene rings is 2. The number of nitrogens with one attached hydrogen (secondary N) is 1. The molecule has 0 bridgehead atoms. The molecule has 0 fully saturated rings. The van der Waals surface area contributed by atoms with Gasteiger partial charge in [-0.25, -0.2) is 8.42 Å². The lowest BCUT2D eigenvalue weighted by Crippen LogP contribution is -2.38. The predicted octanol–water partition coefficient (Wildman–Crippen LogP) is 3.57. The molecular formula is C21H26N2O4S. The van der Waals surface area contributed by atoms with Gasteiger partial charge in [0.05, 0.1) is 18.6 Å². The maximum absolute atomic E-state index is 12.7. The first-order valence-electron chi connectivity index (χ1n) is 9.17. The molecule has 3 rings (SSSR count). The van der Waals surface area contributed by atoms with E-state index >= 15 is 0 Å². The molecule has 0 aromatic heterocycles. The first-order chi connectivity index (χ1) is 13.1. The molecule has 1 amide bonds. The van der Waals surface area contributed by atoms with Crippen LogP contribution >= 0.6 is 0 Å². The Morgan fingerprint density at radius 1 is 1.18 bits per heavy atom. The third-order valence-corrected chi connectivity index (χ3v) is 5.89. The Bertz CT molecular complexity index is 994. The Kier molecular flexibility index (Phi) is 5.39. The van der Waals surface area contributed by atoms with Crippen LogP contribution in [0, 0.1) is 5.41 Å². The van der Waals surface area contributed by atoms with Crippen LogP contribution in [0.1, 0.15) is 31.9 Å². The largest absolute Gasteiger partial charge is 0.497 e. The van der Waals surface area contributed by atoms with E-state index in [-0.39, 0.29) is 11.7 Å². The zero-order valence-electron chi connectivity index (χ0n) is 16.7. The Labute approximate surface area is 166 Å². The molecule has 1 aliphatic rings. The molecule has 2 aromatic rings. The maximum atomic E-state index is 12.7. The molecule has 1 heterocycles. The van der Waals surface area contributed by atoms with Gasteiger partial charge in [-0.1, -0.05) is 39.0 Å². The molecule has 0 unspecified atom stereocenters. The summed E-state index contributed by atoms with van der Waals surface area (Å²) in [6, 6.07) is 12.3. The van der Waals surface area contributed by atoms with Gasteiger partial charge in [0.25, 0.3) is 0 Å². The average molecular weight is 403 g/mol. The van der Waals surface area contributed by atoms with E-state index in [0.717, 1.165) is 17.7 Å². The quantitative estimate of drug-likeness (QED) is 0.830. The second kappa shape index (κ2) is 7.47. The van der Waals surface area contributed by atoms with Crippen LogP contribution in [-0.4, -0.2) is 28.0 Å². The number of sulfonamides is 1. The minimum atomic E-state index is -3.61. The van der Waals surface area contributed by atoms with E-state index in [1.807, 2.05) is 26.8 Å². The Morgan fingerprint density at radius 2 is 1.93 bits per heavy atom. The van der Waals surface area contributed by atoms with Gasteiger partial charge in [-0.3, -0.25) is 9.52 Å². The van der Waals surface area contributed by atoms with E-state index in [1.165, 1.54) is 0 Å². The van der Waals surface area contributed by atoms with Crippen molar-refractivity contribution < 1.29 is 17.9 Å². The lowest BCUT2D eigenvalue weighted by molar-refractivity contribution is -0.125. The third-order valence-electron chi connectivity index (χ3n) is 4.63. The number of nitrogens with zero attached hydrogens (tertiary/aromatic N) is 1. The lowest BCUT2D eigenvalue weighted by atomic mass is 9.94. The van der Waals surface area contributed by atoms with E-state index < -0.39 is 15.4 Å². The van der Waals surface area contributed by atoms with Crippen LogP contribution in [-0.2, 0) is 27.0 Å². The van der Waals surface area contributed by atoms with Crippen LogP contribution in [0.5, 0.6) is 5.75 Å². The number of hydrogen-bond donors (Lipinski definition) is 1. The van der Waals surface area contributed by atoms with Gasteiger partial charge < -0.3 is 9.64 Å². The minimum Gasteiger partial charge on any atom is -0.497 e. The highest BCUT2D eigenvalue weighted by Gasteiger charge is 2.32. The van der Waals surface area contributed by atoms with E-state index in [2.05, 4.69) is 4.72 Å². The third kappa shape index (κ3) is 4.47. The number of hydrogen-bond acceptors (Lipinski definition) is 4. The molecule has 0 saturated carbocycles. The lowest BCUT2D eigenvalue weighted by Gasteiger charge is -2.26. The molecule has 0 saturated heterocycles. The van der Waals surface area contributed by atoms with Gasteiger partial charge in [0.15, 0.2) is 0 Å². The maximum Gasteiger partial charge on any atom is 0.236 e. The normalized spacial score (nSPS) is 13.9. The van der Waals surface area contributed by atoms with Crippen molar-refractivity contribution in [1.82, 2.24) is 0 Å². The van der Waals surface area contributed by atoms with E-state index in [4.69, 9.17) is 4.74 Å². The second-order valence-electron chi connectivity index (χ2n) is 8.01. The number of anilines is 2. The molecule has 1 N–H and O–H groups in total. The van der Waals surface area contributed by atoms with Gasteiger partial charge >= 0.3 is 0 Å². The van der Waals surface area contributed by atoms with Crippen molar-refractivity contribution in [3.05, 3.63) is 53.6 Å². The summed E-state index contributed by atoms with van der Waals surface area (Å²) in [4.78, 5) is 14.4. The smallest absolute Gasteiger partial charge is 0.236 e. The molecule has 2 aromatic carbocycles. The zero-order valence-corrected chi connectivity index (χ0v) is 17.5. The molecule has 0 atom stereocenters. The second-order valence-corrected chi connectivity index (χ2v) is 9.74. The standard InChI is InChI=1S/C21H26N2O4S/c1-21(2,3)20(24)23-11-10-16-8-9-17(13-19(16)23)22-28(25,26)14-15-6-5-7-18(12-15)27-4/h5-9,12-13,22H,10-11,14H2,1-4H3. The van der Waals surface area contributed by atoms with Crippen molar-refractivity contribution in [3.63, 3.8) is 0 Å². The van der Waals surface area contributed by atoms with Crippen molar-refractivity contribution in [2.75, 3.05) is 23.3 Å². The molecule has 6 nitrogen and oxygen atoms in total. The van der Waals surface area contributed by atoms with Crippen molar-refractivity contribution in [3.8, 4) is 5.75 Å². The Morgan fingerprint density at radius 3 is 2.61 bits per heavy atom. The summed E-state index contributed by atoms with van der Waals surface area (Å²) in [6.07, 6.45) is 0.772. The van der Waals surface area contributed by atoms with Crippen molar-refractivity contribution >= 4 is 27.3 Å². The summed E-state index contributed by atoms with van der Waals surface area (Å²) in [5.74, 6) is 0.482. The summed E-state index contributed by atoms with van der Waals surface area (Å²) in [7, 11) is -2.06. The highest BCUT2D eigenvalue weighted by molar-refractivity contribution is 7.91. The van der Waals surface area contributed by atoms with Crippen LogP contribution in [0.15, 0.2) is 42.5 Å². The number of carbonyl (C=O) groups is 1. The van der Waals surface area contributed by atoms with Crippen molar-refractivity contribution in [2.45, 2.75) is 32.9 Å². The fourth-order valence-electron chi connectivity index (χ4n) is 3.26. The number of rotatable bonds is 5. The van der Waals surface area contributed by atoms with E-state index in [1.54, 1.807) is 48.4 Å². The highest BCUT2D eigenvalue weighted by atomic mass is 32.2. The summed E-state index contributed by atoms with van der Waals surface area (Å²) >= 11 is 0. The Hall–Kier alpha value is -2.54. The molecule has 0 radical (unpaired) electrons.